The maximum atomic E-state index is 9.65. The fourth-order valence-electron chi connectivity index (χ4n) is 2.99. The van der Waals surface area contributed by atoms with E-state index in [1.165, 1.54) is 19.3 Å². The summed E-state index contributed by atoms with van der Waals surface area (Å²) in [7, 11) is 0. The molecule has 0 saturated carbocycles. The lowest BCUT2D eigenvalue weighted by Crippen LogP contribution is -2.34. The fourth-order valence-corrected chi connectivity index (χ4v) is 2.99. The summed E-state index contributed by atoms with van der Waals surface area (Å²) in [4.78, 5) is 7.01. The lowest BCUT2D eigenvalue weighted by molar-refractivity contribution is 0.275. The highest BCUT2D eigenvalue weighted by Crippen LogP contribution is 2.27. The Morgan fingerprint density at radius 1 is 1.32 bits per heavy atom. The van der Waals surface area contributed by atoms with E-state index >= 15 is 0 Å². The molecule has 0 bridgehead atoms. The van der Waals surface area contributed by atoms with Crippen LogP contribution in [0.15, 0.2) is 24.4 Å². The smallest absolute Gasteiger partial charge is 0.153 e. The lowest BCUT2D eigenvalue weighted by atomic mass is 9.94. The van der Waals surface area contributed by atoms with Crippen molar-refractivity contribution in [2.45, 2.75) is 32.8 Å². The molecule has 4 nitrogen and oxygen atoms in total. The van der Waals surface area contributed by atoms with Gasteiger partial charge in [-0.2, -0.15) is 0 Å². The normalized spacial score (nSPS) is 17.3. The SMILES string of the molecule is CCC1CCN(c2nc3ccccn3c2CO)CC1. The van der Waals surface area contributed by atoms with E-state index in [9.17, 15) is 5.11 Å². The number of fused-ring (bicyclic) bond motifs is 1. The highest BCUT2D eigenvalue weighted by molar-refractivity contribution is 5.56. The molecule has 1 fully saturated rings. The molecular formula is C15H21N3O. The predicted molar refractivity (Wildman–Crippen MR) is 76.3 cm³/mol. The number of anilines is 1. The Hall–Kier alpha value is -1.55. The van der Waals surface area contributed by atoms with Gasteiger partial charge in [0.2, 0.25) is 0 Å². The summed E-state index contributed by atoms with van der Waals surface area (Å²) in [5.41, 5.74) is 1.82. The summed E-state index contributed by atoms with van der Waals surface area (Å²) in [6, 6.07) is 5.94. The summed E-state index contributed by atoms with van der Waals surface area (Å²) in [5, 5.41) is 9.65. The zero-order valence-corrected chi connectivity index (χ0v) is 11.4. The van der Waals surface area contributed by atoms with Gasteiger partial charge in [0, 0.05) is 19.3 Å². The molecule has 0 aromatic carbocycles. The maximum Gasteiger partial charge on any atom is 0.153 e. The third-order valence-electron chi connectivity index (χ3n) is 4.25. The van der Waals surface area contributed by atoms with Crippen molar-refractivity contribution in [3.8, 4) is 0 Å². The number of hydrogen-bond donors (Lipinski definition) is 1. The molecule has 1 saturated heterocycles. The zero-order chi connectivity index (χ0) is 13.2. The minimum atomic E-state index is 0.0359. The third-order valence-corrected chi connectivity index (χ3v) is 4.25. The number of nitrogens with zero attached hydrogens (tertiary/aromatic N) is 3. The van der Waals surface area contributed by atoms with Crippen molar-refractivity contribution in [3.63, 3.8) is 0 Å². The molecule has 0 unspecified atom stereocenters. The number of aliphatic hydroxyl groups is 1. The molecule has 1 aliphatic rings. The number of aliphatic hydroxyl groups excluding tert-OH is 1. The molecule has 0 atom stereocenters. The van der Waals surface area contributed by atoms with E-state index in [4.69, 9.17) is 0 Å². The monoisotopic (exact) mass is 259 g/mol. The van der Waals surface area contributed by atoms with Gasteiger partial charge in [-0.05, 0) is 30.9 Å². The first kappa shape index (κ1) is 12.5. The molecule has 3 heterocycles. The molecule has 2 aromatic rings. The Morgan fingerprint density at radius 3 is 2.79 bits per heavy atom. The summed E-state index contributed by atoms with van der Waals surface area (Å²) in [6.45, 7) is 4.41. The van der Waals surface area contributed by atoms with Crippen LogP contribution in [0, 0.1) is 5.92 Å². The topological polar surface area (TPSA) is 40.8 Å². The molecular weight excluding hydrogens is 238 g/mol. The fraction of sp³-hybridized carbons (Fsp3) is 0.533. The van der Waals surface area contributed by atoms with Gasteiger partial charge in [-0.3, -0.25) is 4.40 Å². The highest BCUT2D eigenvalue weighted by atomic mass is 16.3. The van der Waals surface area contributed by atoms with Crippen molar-refractivity contribution >= 4 is 11.5 Å². The maximum absolute atomic E-state index is 9.65. The standard InChI is InChI=1S/C15H21N3O/c1-2-12-6-9-17(10-7-12)15-13(11-19)18-8-4-3-5-14(18)16-15/h3-5,8,12,19H,2,6-7,9-11H2,1H3. The Labute approximate surface area is 113 Å². The second-order valence-electron chi connectivity index (χ2n) is 5.31. The first-order chi connectivity index (χ1) is 9.33. The van der Waals surface area contributed by atoms with Gasteiger partial charge in [0.15, 0.2) is 5.82 Å². The van der Waals surface area contributed by atoms with Crippen molar-refractivity contribution in [2.24, 2.45) is 5.92 Å². The summed E-state index contributed by atoms with van der Waals surface area (Å²) >= 11 is 0. The van der Waals surface area contributed by atoms with Crippen molar-refractivity contribution in [1.29, 1.82) is 0 Å². The zero-order valence-electron chi connectivity index (χ0n) is 11.4. The van der Waals surface area contributed by atoms with Crippen LogP contribution in [0.2, 0.25) is 0 Å². The van der Waals surface area contributed by atoms with Gasteiger partial charge in [-0.15, -0.1) is 0 Å². The number of hydrogen-bond acceptors (Lipinski definition) is 3. The quantitative estimate of drug-likeness (QED) is 0.920. The molecule has 0 amide bonds. The van der Waals surface area contributed by atoms with Crippen LogP contribution in [0.5, 0.6) is 0 Å². The van der Waals surface area contributed by atoms with Crippen LogP contribution in [0.25, 0.3) is 5.65 Å². The lowest BCUT2D eigenvalue weighted by Gasteiger charge is -2.32. The average Bonchev–Trinajstić information content (AvgIpc) is 2.85. The molecule has 0 radical (unpaired) electrons. The van der Waals surface area contributed by atoms with E-state index in [1.54, 1.807) is 0 Å². The van der Waals surface area contributed by atoms with E-state index in [2.05, 4.69) is 16.8 Å². The van der Waals surface area contributed by atoms with Crippen molar-refractivity contribution < 1.29 is 5.11 Å². The Balaban J connectivity index is 1.92. The molecule has 102 valence electrons. The van der Waals surface area contributed by atoms with E-state index in [0.29, 0.717) is 0 Å². The van der Waals surface area contributed by atoms with E-state index in [-0.39, 0.29) is 6.61 Å². The number of piperidine rings is 1. The number of aromatic nitrogens is 2. The summed E-state index contributed by atoms with van der Waals surface area (Å²) < 4.78 is 1.99. The van der Waals surface area contributed by atoms with E-state index in [0.717, 1.165) is 36.2 Å². The van der Waals surface area contributed by atoms with Crippen LogP contribution < -0.4 is 4.90 Å². The molecule has 19 heavy (non-hydrogen) atoms. The second-order valence-corrected chi connectivity index (χ2v) is 5.31. The van der Waals surface area contributed by atoms with Gasteiger partial charge in [-0.25, -0.2) is 4.98 Å². The summed E-state index contributed by atoms with van der Waals surface area (Å²) in [5.74, 6) is 1.81. The minimum Gasteiger partial charge on any atom is -0.390 e. The molecule has 1 N–H and O–H groups in total. The Kier molecular flexibility index (Phi) is 3.42. The Bertz CT molecular complexity index is 556. The molecule has 3 rings (SSSR count). The van der Waals surface area contributed by atoms with Crippen molar-refractivity contribution in [3.05, 3.63) is 30.1 Å². The number of pyridine rings is 1. The van der Waals surface area contributed by atoms with Gasteiger partial charge < -0.3 is 10.0 Å². The largest absolute Gasteiger partial charge is 0.390 e. The van der Waals surface area contributed by atoms with Gasteiger partial charge >= 0.3 is 0 Å². The van der Waals surface area contributed by atoms with Crippen LogP contribution >= 0.6 is 0 Å². The number of rotatable bonds is 3. The third kappa shape index (κ3) is 2.21. The molecule has 0 aliphatic carbocycles. The Morgan fingerprint density at radius 2 is 2.11 bits per heavy atom. The first-order valence-electron chi connectivity index (χ1n) is 7.15. The molecule has 1 aliphatic heterocycles. The van der Waals surface area contributed by atoms with Gasteiger partial charge in [-0.1, -0.05) is 19.4 Å². The molecule has 4 heteroatoms. The average molecular weight is 259 g/mol. The van der Waals surface area contributed by atoms with E-state index < -0.39 is 0 Å². The second kappa shape index (κ2) is 5.21. The predicted octanol–water partition coefficient (Wildman–Crippen LogP) is 2.45. The van der Waals surface area contributed by atoms with Crippen molar-refractivity contribution in [1.82, 2.24) is 9.38 Å². The van der Waals surface area contributed by atoms with Crippen molar-refractivity contribution in [2.75, 3.05) is 18.0 Å². The first-order valence-corrected chi connectivity index (χ1v) is 7.15. The molecule has 2 aromatic heterocycles. The van der Waals surface area contributed by atoms with Gasteiger partial charge in [0.05, 0.1) is 12.3 Å². The van der Waals surface area contributed by atoms with Crippen LogP contribution in [0.1, 0.15) is 31.9 Å². The van der Waals surface area contributed by atoms with Gasteiger partial charge in [0.1, 0.15) is 5.65 Å². The minimum absolute atomic E-state index is 0.0359. The highest BCUT2D eigenvalue weighted by Gasteiger charge is 2.22. The van der Waals surface area contributed by atoms with Crippen LogP contribution in [-0.2, 0) is 6.61 Å². The number of imidazole rings is 1. The van der Waals surface area contributed by atoms with Crippen LogP contribution in [-0.4, -0.2) is 27.6 Å². The van der Waals surface area contributed by atoms with Gasteiger partial charge in [0.25, 0.3) is 0 Å². The van der Waals surface area contributed by atoms with E-state index in [1.807, 2.05) is 28.8 Å². The van der Waals surface area contributed by atoms with Crippen LogP contribution in [0.4, 0.5) is 5.82 Å². The molecule has 0 spiro atoms. The van der Waals surface area contributed by atoms with Crippen LogP contribution in [0.3, 0.4) is 0 Å². The summed E-state index contributed by atoms with van der Waals surface area (Å²) in [6.07, 6.45) is 5.70.